The summed E-state index contributed by atoms with van der Waals surface area (Å²) in [5.41, 5.74) is 0. The summed E-state index contributed by atoms with van der Waals surface area (Å²) in [6.45, 7) is 2.17. The fourth-order valence-electron chi connectivity index (χ4n) is 2.74. The van der Waals surface area contributed by atoms with Crippen molar-refractivity contribution >= 4 is 12.0 Å². The second-order valence-electron chi connectivity index (χ2n) is 5.33. The number of rotatable bonds is 2. The molecule has 20 heavy (non-hydrogen) atoms. The van der Waals surface area contributed by atoms with Crippen molar-refractivity contribution in [2.75, 3.05) is 26.2 Å². The number of morpholine rings is 1. The summed E-state index contributed by atoms with van der Waals surface area (Å²) in [5, 5.41) is 27.8. The Hall–Kier alpha value is -1.38. The number of aliphatic carboxylic acids is 1. The van der Waals surface area contributed by atoms with Gasteiger partial charge in [-0.05, 0) is 6.92 Å². The van der Waals surface area contributed by atoms with E-state index >= 15 is 0 Å². The molecule has 0 aromatic rings. The first-order valence-corrected chi connectivity index (χ1v) is 6.65. The molecule has 3 N–H and O–H groups in total. The van der Waals surface area contributed by atoms with Gasteiger partial charge in [-0.1, -0.05) is 0 Å². The lowest BCUT2D eigenvalue weighted by atomic mass is 10.2. The average molecular weight is 288 g/mol. The number of nitrogens with zero attached hydrogens (tertiary/aromatic N) is 2. The van der Waals surface area contributed by atoms with Crippen LogP contribution in [-0.4, -0.2) is 87.7 Å². The van der Waals surface area contributed by atoms with E-state index in [1.807, 2.05) is 0 Å². The van der Waals surface area contributed by atoms with Crippen LogP contribution in [0.3, 0.4) is 0 Å². The van der Waals surface area contributed by atoms with Gasteiger partial charge in [0, 0.05) is 19.5 Å². The van der Waals surface area contributed by atoms with Crippen molar-refractivity contribution in [2.45, 2.75) is 37.7 Å². The molecule has 2 aliphatic heterocycles. The molecule has 2 rings (SSSR count). The Morgan fingerprint density at radius 2 is 2.00 bits per heavy atom. The number of hydrogen-bond donors (Lipinski definition) is 3. The van der Waals surface area contributed by atoms with Gasteiger partial charge in [0.05, 0.1) is 31.5 Å². The summed E-state index contributed by atoms with van der Waals surface area (Å²) in [6, 6.07) is -1.43. The van der Waals surface area contributed by atoms with E-state index in [1.54, 1.807) is 6.92 Å². The van der Waals surface area contributed by atoms with Gasteiger partial charge in [0.25, 0.3) is 0 Å². The highest BCUT2D eigenvalue weighted by Crippen LogP contribution is 2.22. The Balaban J connectivity index is 2.07. The molecule has 0 saturated carbocycles. The third-order valence-electron chi connectivity index (χ3n) is 3.61. The third kappa shape index (κ3) is 3.02. The first kappa shape index (κ1) is 15.0. The Kier molecular flexibility index (Phi) is 4.46. The van der Waals surface area contributed by atoms with Gasteiger partial charge in [-0.15, -0.1) is 0 Å². The molecule has 2 aliphatic rings. The molecule has 0 spiro atoms. The van der Waals surface area contributed by atoms with Crippen LogP contribution in [0.25, 0.3) is 0 Å². The minimum absolute atomic E-state index is 0.0192. The lowest BCUT2D eigenvalue weighted by Gasteiger charge is -2.38. The van der Waals surface area contributed by atoms with Crippen LogP contribution in [0.15, 0.2) is 0 Å². The molecule has 2 saturated heterocycles. The van der Waals surface area contributed by atoms with E-state index < -0.39 is 30.3 Å². The van der Waals surface area contributed by atoms with Crippen molar-refractivity contribution in [3.05, 3.63) is 0 Å². The van der Waals surface area contributed by atoms with Crippen molar-refractivity contribution in [3.8, 4) is 0 Å². The summed E-state index contributed by atoms with van der Waals surface area (Å²) in [5.74, 6) is -1.12. The number of carboxylic acid groups (broad SMARTS) is 1. The zero-order chi connectivity index (χ0) is 14.9. The minimum atomic E-state index is -1.12. The number of aliphatic hydroxyl groups excluding tert-OH is 2. The molecule has 0 aliphatic carbocycles. The Bertz CT molecular complexity index is 390. The van der Waals surface area contributed by atoms with Crippen molar-refractivity contribution < 1.29 is 29.6 Å². The summed E-state index contributed by atoms with van der Waals surface area (Å²) in [6.07, 6.45) is -1.45. The summed E-state index contributed by atoms with van der Waals surface area (Å²) >= 11 is 0. The quantitative estimate of drug-likeness (QED) is 0.583. The van der Waals surface area contributed by atoms with Crippen molar-refractivity contribution in [1.82, 2.24) is 9.80 Å². The van der Waals surface area contributed by atoms with Crippen LogP contribution in [0, 0.1) is 0 Å². The van der Waals surface area contributed by atoms with Crippen molar-refractivity contribution in [3.63, 3.8) is 0 Å². The number of amides is 2. The van der Waals surface area contributed by atoms with Gasteiger partial charge < -0.3 is 29.9 Å². The monoisotopic (exact) mass is 288 g/mol. The highest BCUT2D eigenvalue weighted by atomic mass is 16.5. The van der Waals surface area contributed by atoms with Crippen LogP contribution < -0.4 is 0 Å². The molecule has 114 valence electrons. The van der Waals surface area contributed by atoms with E-state index in [-0.39, 0.29) is 32.2 Å². The van der Waals surface area contributed by atoms with Gasteiger partial charge in [0.2, 0.25) is 0 Å². The number of carbonyl (C=O) groups is 2. The van der Waals surface area contributed by atoms with Crippen molar-refractivity contribution in [2.24, 2.45) is 0 Å². The molecular formula is C12H20N2O6. The topological polar surface area (TPSA) is 111 Å². The maximum absolute atomic E-state index is 12.4. The highest BCUT2D eigenvalue weighted by Gasteiger charge is 2.42. The lowest BCUT2D eigenvalue weighted by Crippen LogP contribution is -2.56. The molecule has 0 aromatic heterocycles. The van der Waals surface area contributed by atoms with Crippen LogP contribution in [0.1, 0.15) is 13.3 Å². The van der Waals surface area contributed by atoms with E-state index in [0.717, 1.165) is 0 Å². The first-order chi connectivity index (χ1) is 9.42. The van der Waals surface area contributed by atoms with Crippen LogP contribution in [-0.2, 0) is 9.53 Å². The second kappa shape index (κ2) is 5.94. The zero-order valence-electron chi connectivity index (χ0n) is 11.3. The van der Waals surface area contributed by atoms with Crippen LogP contribution >= 0.6 is 0 Å². The molecule has 3 unspecified atom stereocenters. The van der Waals surface area contributed by atoms with Gasteiger partial charge in [-0.3, -0.25) is 0 Å². The fraction of sp³-hybridized carbons (Fsp3) is 0.833. The molecule has 2 fully saturated rings. The summed E-state index contributed by atoms with van der Waals surface area (Å²) in [7, 11) is 0. The molecule has 2 heterocycles. The number of aliphatic hydroxyl groups is 2. The molecule has 2 amide bonds. The molecule has 0 bridgehead atoms. The lowest BCUT2D eigenvalue weighted by molar-refractivity contribution is -0.141. The largest absolute Gasteiger partial charge is 0.480 e. The number of likely N-dealkylation sites (tertiary alicyclic amines) is 1. The zero-order valence-corrected chi connectivity index (χ0v) is 11.3. The third-order valence-corrected chi connectivity index (χ3v) is 3.61. The Labute approximate surface area is 116 Å². The van der Waals surface area contributed by atoms with Crippen LogP contribution in [0.2, 0.25) is 0 Å². The van der Waals surface area contributed by atoms with E-state index in [0.29, 0.717) is 6.54 Å². The maximum atomic E-state index is 12.4. The smallest absolute Gasteiger partial charge is 0.326 e. The van der Waals surface area contributed by atoms with E-state index in [1.165, 1.54) is 9.80 Å². The van der Waals surface area contributed by atoms with Gasteiger partial charge in [0.1, 0.15) is 6.04 Å². The number of carboxylic acids is 1. The molecule has 0 aromatic carbocycles. The summed E-state index contributed by atoms with van der Waals surface area (Å²) in [4.78, 5) is 26.2. The minimum Gasteiger partial charge on any atom is -0.480 e. The van der Waals surface area contributed by atoms with Crippen LogP contribution in [0.5, 0.6) is 0 Å². The van der Waals surface area contributed by atoms with E-state index in [4.69, 9.17) is 14.9 Å². The average Bonchev–Trinajstić information content (AvgIpc) is 2.79. The Morgan fingerprint density at radius 1 is 1.30 bits per heavy atom. The normalized spacial score (nSPS) is 34.4. The van der Waals surface area contributed by atoms with Gasteiger partial charge in [0.15, 0.2) is 0 Å². The molecule has 8 nitrogen and oxygen atoms in total. The molecule has 0 radical (unpaired) electrons. The number of β-amino-alcohol motifs (C(OH)–C–C–N with tert-alkyl or cyclic N) is 1. The van der Waals surface area contributed by atoms with Gasteiger partial charge in [-0.2, -0.15) is 0 Å². The summed E-state index contributed by atoms with van der Waals surface area (Å²) < 4.78 is 5.45. The number of urea groups is 1. The van der Waals surface area contributed by atoms with E-state index in [9.17, 15) is 14.7 Å². The van der Waals surface area contributed by atoms with Gasteiger partial charge in [-0.25, -0.2) is 9.59 Å². The first-order valence-electron chi connectivity index (χ1n) is 6.65. The number of ether oxygens (including phenoxy) is 1. The standard InChI is InChI=1S/C12H20N2O6/c1-7-3-13(5-9(6-15)20-7)12(19)14-4-8(16)2-10(14)11(17)18/h7-10,15-16H,2-6H2,1H3,(H,17,18)/t7?,8?,9?,10-/m0/s1. The second-order valence-corrected chi connectivity index (χ2v) is 5.33. The predicted molar refractivity (Wildman–Crippen MR) is 67.1 cm³/mol. The van der Waals surface area contributed by atoms with Crippen LogP contribution in [0.4, 0.5) is 4.79 Å². The molecule has 4 atom stereocenters. The number of carbonyl (C=O) groups excluding carboxylic acids is 1. The van der Waals surface area contributed by atoms with Gasteiger partial charge >= 0.3 is 12.0 Å². The van der Waals surface area contributed by atoms with Crippen molar-refractivity contribution in [1.29, 1.82) is 0 Å². The van der Waals surface area contributed by atoms with E-state index in [2.05, 4.69) is 0 Å². The molecular weight excluding hydrogens is 268 g/mol. The maximum Gasteiger partial charge on any atom is 0.326 e. The molecule has 8 heteroatoms. The fourth-order valence-corrected chi connectivity index (χ4v) is 2.74. The Morgan fingerprint density at radius 3 is 2.60 bits per heavy atom. The highest BCUT2D eigenvalue weighted by molar-refractivity contribution is 5.83. The SMILES string of the molecule is CC1CN(C(=O)N2CC(O)C[C@H]2C(=O)O)CC(CO)O1. The number of hydrogen-bond acceptors (Lipinski definition) is 5. The predicted octanol–water partition coefficient (Wildman–Crippen LogP) is -1.29.